The lowest BCUT2D eigenvalue weighted by Gasteiger charge is -2.07. The molecule has 1 N–H and O–H groups in total. The summed E-state index contributed by atoms with van der Waals surface area (Å²) in [5, 5.41) is 7.62. The van der Waals surface area contributed by atoms with Crippen molar-refractivity contribution in [2.75, 3.05) is 20.3 Å². The molecule has 2 rings (SSSR count). The molecule has 92 valence electrons. The van der Waals surface area contributed by atoms with Crippen LogP contribution in [-0.4, -0.2) is 35.0 Å². The van der Waals surface area contributed by atoms with E-state index in [0.29, 0.717) is 0 Å². The second kappa shape index (κ2) is 6.48. The molecule has 0 saturated heterocycles. The predicted molar refractivity (Wildman–Crippen MR) is 67.0 cm³/mol. The summed E-state index contributed by atoms with van der Waals surface area (Å²) in [6.07, 6.45) is 3.71. The Morgan fingerprint density at radius 2 is 2.47 bits per heavy atom. The Balaban J connectivity index is 1.88. The van der Waals surface area contributed by atoms with E-state index in [2.05, 4.69) is 15.4 Å². The van der Waals surface area contributed by atoms with E-state index in [9.17, 15) is 0 Å². The van der Waals surface area contributed by atoms with Gasteiger partial charge in [0, 0.05) is 37.5 Å². The summed E-state index contributed by atoms with van der Waals surface area (Å²) in [7, 11) is 1.70. The average molecular weight is 252 g/mol. The van der Waals surface area contributed by atoms with Gasteiger partial charge in [0.15, 0.2) is 0 Å². The molecule has 0 atom stereocenters. The standard InChI is InChI=1S/C11H16N4OS/c1-16-5-4-12-6-10-2-3-14-15(10)8-11-7-13-9-17-11/h2-3,7,9,12H,4-6,8H2,1H3. The fourth-order valence-electron chi connectivity index (χ4n) is 1.51. The maximum atomic E-state index is 4.99. The highest BCUT2D eigenvalue weighted by Crippen LogP contribution is 2.09. The van der Waals surface area contributed by atoms with Gasteiger partial charge < -0.3 is 10.1 Å². The molecule has 2 aromatic rings. The number of thiazole rings is 1. The van der Waals surface area contributed by atoms with E-state index in [-0.39, 0.29) is 0 Å². The molecule has 0 aliphatic rings. The number of nitrogens with one attached hydrogen (secondary N) is 1. The van der Waals surface area contributed by atoms with Gasteiger partial charge >= 0.3 is 0 Å². The van der Waals surface area contributed by atoms with Gasteiger partial charge in [-0.3, -0.25) is 9.67 Å². The van der Waals surface area contributed by atoms with Gasteiger partial charge in [-0.15, -0.1) is 11.3 Å². The molecule has 17 heavy (non-hydrogen) atoms. The zero-order valence-electron chi connectivity index (χ0n) is 9.80. The van der Waals surface area contributed by atoms with Crippen molar-refractivity contribution >= 4 is 11.3 Å². The molecule has 0 spiro atoms. The van der Waals surface area contributed by atoms with Crippen molar-refractivity contribution in [1.29, 1.82) is 0 Å². The van der Waals surface area contributed by atoms with E-state index < -0.39 is 0 Å². The number of ether oxygens (including phenoxy) is 1. The molecule has 0 aliphatic carbocycles. The Labute approximate surface area is 104 Å². The Morgan fingerprint density at radius 1 is 1.53 bits per heavy atom. The fourth-order valence-corrected chi connectivity index (χ4v) is 2.09. The molecule has 0 amide bonds. The lowest BCUT2D eigenvalue weighted by Crippen LogP contribution is -2.20. The summed E-state index contributed by atoms with van der Waals surface area (Å²) < 4.78 is 6.98. The smallest absolute Gasteiger partial charge is 0.0794 e. The van der Waals surface area contributed by atoms with Gasteiger partial charge in [-0.05, 0) is 6.07 Å². The number of methoxy groups -OCH3 is 1. The van der Waals surface area contributed by atoms with E-state index in [4.69, 9.17) is 4.74 Å². The van der Waals surface area contributed by atoms with Crippen LogP contribution >= 0.6 is 11.3 Å². The quantitative estimate of drug-likeness (QED) is 0.750. The summed E-state index contributed by atoms with van der Waals surface area (Å²) in [5.74, 6) is 0. The molecular weight excluding hydrogens is 236 g/mol. The zero-order valence-corrected chi connectivity index (χ0v) is 10.6. The van der Waals surface area contributed by atoms with E-state index in [0.717, 1.165) is 26.2 Å². The van der Waals surface area contributed by atoms with E-state index >= 15 is 0 Å². The third-order valence-electron chi connectivity index (χ3n) is 2.38. The Morgan fingerprint density at radius 3 is 3.24 bits per heavy atom. The minimum absolute atomic E-state index is 0.725. The topological polar surface area (TPSA) is 52.0 Å². The van der Waals surface area contributed by atoms with E-state index in [1.165, 1.54) is 10.6 Å². The molecule has 2 heterocycles. The molecule has 2 aromatic heterocycles. The van der Waals surface area contributed by atoms with Crippen LogP contribution in [0.25, 0.3) is 0 Å². The first-order chi connectivity index (χ1) is 8.40. The average Bonchev–Trinajstić information content (AvgIpc) is 2.97. The number of hydrogen-bond acceptors (Lipinski definition) is 5. The van der Waals surface area contributed by atoms with Crippen LogP contribution in [0.1, 0.15) is 10.6 Å². The van der Waals surface area contributed by atoms with Gasteiger partial charge in [-0.2, -0.15) is 5.10 Å². The molecule has 0 radical (unpaired) electrons. The highest BCUT2D eigenvalue weighted by molar-refractivity contribution is 7.09. The number of nitrogens with zero attached hydrogens (tertiary/aromatic N) is 3. The van der Waals surface area contributed by atoms with Gasteiger partial charge in [-0.25, -0.2) is 0 Å². The molecule has 0 aliphatic heterocycles. The van der Waals surface area contributed by atoms with Crippen LogP contribution in [0.5, 0.6) is 0 Å². The molecule has 0 bridgehead atoms. The van der Waals surface area contributed by atoms with Crippen molar-refractivity contribution < 1.29 is 4.74 Å². The molecule has 5 nitrogen and oxygen atoms in total. The Hall–Kier alpha value is -1.24. The van der Waals surface area contributed by atoms with Crippen molar-refractivity contribution in [1.82, 2.24) is 20.1 Å². The van der Waals surface area contributed by atoms with Crippen LogP contribution in [0.15, 0.2) is 24.0 Å². The SMILES string of the molecule is COCCNCc1ccnn1Cc1cncs1. The first kappa shape index (κ1) is 12.2. The molecular formula is C11H16N4OS. The number of aromatic nitrogens is 3. The van der Waals surface area contributed by atoms with Crippen molar-refractivity contribution in [3.05, 3.63) is 34.5 Å². The largest absolute Gasteiger partial charge is 0.383 e. The van der Waals surface area contributed by atoms with Crippen molar-refractivity contribution in [2.45, 2.75) is 13.1 Å². The monoisotopic (exact) mass is 252 g/mol. The summed E-state index contributed by atoms with van der Waals surface area (Å²) in [5.41, 5.74) is 3.02. The lowest BCUT2D eigenvalue weighted by atomic mass is 10.4. The second-order valence-corrected chi connectivity index (χ2v) is 4.59. The van der Waals surface area contributed by atoms with Crippen molar-refractivity contribution in [3.63, 3.8) is 0 Å². The van der Waals surface area contributed by atoms with Crippen LogP contribution in [-0.2, 0) is 17.8 Å². The lowest BCUT2D eigenvalue weighted by molar-refractivity contribution is 0.199. The van der Waals surface area contributed by atoms with Crippen LogP contribution in [0.2, 0.25) is 0 Å². The van der Waals surface area contributed by atoms with Crippen LogP contribution < -0.4 is 5.32 Å². The number of rotatable bonds is 7. The summed E-state index contributed by atoms with van der Waals surface area (Å²) >= 11 is 1.65. The van der Waals surface area contributed by atoms with Crippen molar-refractivity contribution in [3.8, 4) is 0 Å². The second-order valence-electron chi connectivity index (χ2n) is 3.62. The summed E-state index contributed by atoms with van der Waals surface area (Å²) in [6, 6.07) is 2.03. The first-order valence-electron chi connectivity index (χ1n) is 5.48. The zero-order chi connectivity index (χ0) is 11.9. The highest BCUT2D eigenvalue weighted by Gasteiger charge is 2.03. The van der Waals surface area contributed by atoms with E-state index in [1.807, 2.05) is 28.7 Å². The Kier molecular flexibility index (Phi) is 4.66. The molecule has 0 unspecified atom stereocenters. The molecule has 0 fully saturated rings. The predicted octanol–water partition coefficient (Wildman–Crippen LogP) is 1.12. The molecule has 6 heteroatoms. The molecule has 0 aromatic carbocycles. The maximum absolute atomic E-state index is 4.99. The number of hydrogen-bond donors (Lipinski definition) is 1. The highest BCUT2D eigenvalue weighted by atomic mass is 32.1. The van der Waals surface area contributed by atoms with Gasteiger partial charge in [-0.1, -0.05) is 0 Å². The van der Waals surface area contributed by atoms with Crippen LogP contribution in [0.3, 0.4) is 0 Å². The molecule has 0 saturated carbocycles. The minimum Gasteiger partial charge on any atom is -0.383 e. The van der Waals surface area contributed by atoms with Gasteiger partial charge in [0.2, 0.25) is 0 Å². The van der Waals surface area contributed by atoms with E-state index in [1.54, 1.807) is 18.4 Å². The van der Waals surface area contributed by atoms with Gasteiger partial charge in [0.05, 0.1) is 24.4 Å². The van der Waals surface area contributed by atoms with Crippen LogP contribution in [0, 0.1) is 0 Å². The minimum atomic E-state index is 0.725. The normalized spacial score (nSPS) is 10.9. The summed E-state index contributed by atoms with van der Waals surface area (Å²) in [4.78, 5) is 5.28. The Bertz CT molecular complexity index is 426. The fraction of sp³-hybridized carbons (Fsp3) is 0.455. The summed E-state index contributed by atoms with van der Waals surface area (Å²) in [6.45, 7) is 3.17. The van der Waals surface area contributed by atoms with Crippen LogP contribution in [0.4, 0.5) is 0 Å². The first-order valence-corrected chi connectivity index (χ1v) is 6.36. The maximum Gasteiger partial charge on any atom is 0.0794 e. The van der Waals surface area contributed by atoms with Gasteiger partial charge in [0.25, 0.3) is 0 Å². The van der Waals surface area contributed by atoms with Crippen molar-refractivity contribution in [2.24, 2.45) is 0 Å². The van der Waals surface area contributed by atoms with Gasteiger partial charge in [0.1, 0.15) is 0 Å². The third-order valence-corrected chi connectivity index (χ3v) is 3.15. The third kappa shape index (κ3) is 3.62.